The molecule has 0 aromatic carbocycles. The van der Waals surface area contributed by atoms with Crippen molar-refractivity contribution in [2.45, 2.75) is 34.6 Å². The second kappa shape index (κ2) is 7.00. The molecule has 0 bridgehead atoms. The normalized spacial score (nSPS) is 20.1. The number of likely N-dealkylation sites (N-methyl/N-ethyl adjacent to an activating group) is 1. The van der Waals surface area contributed by atoms with Crippen LogP contribution in [0.15, 0.2) is 21.6 Å². The van der Waals surface area contributed by atoms with Crippen LogP contribution in [0.3, 0.4) is 0 Å². The van der Waals surface area contributed by atoms with Gasteiger partial charge in [0.05, 0.1) is 5.03 Å². The summed E-state index contributed by atoms with van der Waals surface area (Å²) in [5.41, 5.74) is 1.25. The van der Waals surface area contributed by atoms with Gasteiger partial charge in [-0.1, -0.05) is 38.6 Å². The first-order valence-electron chi connectivity index (χ1n) is 6.57. The summed E-state index contributed by atoms with van der Waals surface area (Å²) in [4.78, 5) is 14.9. The maximum atomic E-state index is 11.2. The Labute approximate surface area is 115 Å². The lowest BCUT2D eigenvalue weighted by molar-refractivity contribution is -0.118. The molecule has 102 valence electrons. The molecular formula is C14H24N2OS. The zero-order valence-electron chi connectivity index (χ0n) is 12.0. The van der Waals surface area contributed by atoms with Gasteiger partial charge >= 0.3 is 0 Å². The van der Waals surface area contributed by atoms with Gasteiger partial charge in [0, 0.05) is 18.4 Å². The van der Waals surface area contributed by atoms with E-state index in [9.17, 15) is 4.79 Å². The van der Waals surface area contributed by atoms with E-state index in [-0.39, 0.29) is 5.91 Å². The molecule has 0 spiro atoms. The van der Waals surface area contributed by atoms with Crippen molar-refractivity contribution < 1.29 is 4.79 Å². The van der Waals surface area contributed by atoms with Crippen molar-refractivity contribution in [1.29, 1.82) is 0 Å². The molecule has 1 heterocycles. The zero-order valence-corrected chi connectivity index (χ0v) is 12.9. The van der Waals surface area contributed by atoms with Crippen LogP contribution in [0.1, 0.15) is 34.6 Å². The van der Waals surface area contributed by atoms with Crippen molar-refractivity contribution in [2.75, 3.05) is 19.6 Å². The van der Waals surface area contributed by atoms with E-state index < -0.39 is 0 Å². The molecule has 0 saturated heterocycles. The molecule has 0 saturated carbocycles. The summed E-state index contributed by atoms with van der Waals surface area (Å²) < 4.78 is 0. The van der Waals surface area contributed by atoms with Crippen molar-refractivity contribution in [1.82, 2.24) is 10.2 Å². The maximum absolute atomic E-state index is 11.2. The Morgan fingerprint density at radius 3 is 2.56 bits per heavy atom. The highest BCUT2D eigenvalue weighted by Gasteiger charge is 2.19. The third-order valence-electron chi connectivity index (χ3n) is 3.27. The van der Waals surface area contributed by atoms with Crippen LogP contribution in [0.5, 0.6) is 0 Å². The van der Waals surface area contributed by atoms with Crippen LogP contribution in [-0.4, -0.2) is 30.4 Å². The highest BCUT2D eigenvalue weighted by Crippen LogP contribution is 2.36. The first kappa shape index (κ1) is 15.3. The van der Waals surface area contributed by atoms with E-state index in [4.69, 9.17) is 0 Å². The highest BCUT2D eigenvalue weighted by molar-refractivity contribution is 8.06. The summed E-state index contributed by atoms with van der Waals surface area (Å²) in [6.45, 7) is 13.3. The minimum absolute atomic E-state index is 0.00754. The quantitative estimate of drug-likeness (QED) is 0.832. The lowest BCUT2D eigenvalue weighted by Gasteiger charge is -2.26. The Kier molecular flexibility index (Phi) is 5.96. The number of nitrogens with one attached hydrogen (secondary N) is 1. The Hall–Kier alpha value is -0.740. The Morgan fingerprint density at radius 2 is 2.06 bits per heavy atom. The zero-order chi connectivity index (χ0) is 13.7. The molecule has 0 aliphatic carbocycles. The predicted molar refractivity (Wildman–Crippen MR) is 79.1 cm³/mol. The number of rotatable bonds is 5. The number of carbonyl (C=O) groups is 1. The summed E-state index contributed by atoms with van der Waals surface area (Å²) in [6.07, 6.45) is 2.31. The molecule has 1 unspecified atom stereocenters. The van der Waals surface area contributed by atoms with Gasteiger partial charge in [0.25, 0.3) is 0 Å². The van der Waals surface area contributed by atoms with E-state index >= 15 is 0 Å². The van der Waals surface area contributed by atoms with Gasteiger partial charge in [-0.2, -0.15) is 0 Å². The molecular weight excluding hydrogens is 244 g/mol. The third-order valence-corrected chi connectivity index (χ3v) is 4.43. The molecule has 1 rings (SSSR count). The molecule has 1 amide bonds. The second-order valence-electron chi connectivity index (χ2n) is 4.68. The number of amides is 1. The van der Waals surface area contributed by atoms with E-state index in [1.807, 2.05) is 0 Å². The molecule has 1 atom stereocenters. The smallest absolute Gasteiger partial charge is 0.221 e. The minimum atomic E-state index is 0.00754. The number of hydrogen-bond donors (Lipinski definition) is 1. The van der Waals surface area contributed by atoms with Gasteiger partial charge in [-0.15, -0.1) is 0 Å². The van der Waals surface area contributed by atoms with Gasteiger partial charge < -0.3 is 5.32 Å². The average Bonchev–Trinajstić information content (AvgIpc) is 2.31. The summed E-state index contributed by atoms with van der Waals surface area (Å²) in [5, 5.41) is 3.96. The molecule has 1 aliphatic rings. The van der Waals surface area contributed by atoms with Crippen LogP contribution in [0.25, 0.3) is 0 Å². The minimum Gasteiger partial charge on any atom is -0.321 e. The highest BCUT2D eigenvalue weighted by atomic mass is 32.2. The van der Waals surface area contributed by atoms with Crippen molar-refractivity contribution in [3.63, 3.8) is 0 Å². The van der Waals surface area contributed by atoms with E-state index in [0.717, 1.165) is 24.7 Å². The lowest BCUT2D eigenvalue weighted by atomic mass is 10.0. The molecule has 4 heteroatoms. The van der Waals surface area contributed by atoms with Crippen molar-refractivity contribution in [3.05, 3.63) is 21.6 Å². The van der Waals surface area contributed by atoms with Crippen LogP contribution in [0.2, 0.25) is 0 Å². The van der Waals surface area contributed by atoms with Crippen molar-refractivity contribution >= 4 is 17.7 Å². The summed E-state index contributed by atoms with van der Waals surface area (Å²) in [6, 6.07) is 0. The van der Waals surface area contributed by atoms with E-state index in [2.05, 4.69) is 44.0 Å². The number of allylic oxidation sites excluding steroid dienone is 2. The van der Waals surface area contributed by atoms with Crippen molar-refractivity contribution in [2.24, 2.45) is 5.92 Å². The van der Waals surface area contributed by atoms with Crippen LogP contribution < -0.4 is 5.32 Å². The van der Waals surface area contributed by atoms with Gasteiger partial charge in [0.1, 0.15) is 0 Å². The standard InChI is InChI=1S/C14H24N2OS/c1-6-16(7-2)9-13-8-10(3)11(4)14(18-13)15-12(5)17/h8,10H,6-7,9H2,1-5H3,(H,15,17). The lowest BCUT2D eigenvalue weighted by Crippen LogP contribution is -2.27. The fourth-order valence-corrected chi connectivity index (χ4v) is 3.22. The number of hydrogen-bond acceptors (Lipinski definition) is 3. The molecule has 0 aromatic heterocycles. The third kappa shape index (κ3) is 4.18. The van der Waals surface area contributed by atoms with E-state index in [0.29, 0.717) is 5.92 Å². The summed E-state index contributed by atoms with van der Waals surface area (Å²) in [5.74, 6) is 0.409. The predicted octanol–water partition coefficient (Wildman–Crippen LogP) is 2.96. The SMILES string of the molecule is CCN(CC)CC1=CC(C)C(C)=C(NC(C)=O)S1. The Morgan fingerprint density at radius 1 is 1.44 bits per heavy atom. The van der Waals surface area contributed by atoms with Crippen LogP contribution in [0, 0.1) is 5.92 Å². The van der Waals surface area contributed by atoms with E-state index in [1.54, 1.807) is 18.7 Å². The average molecular weight is 268 g/mol. The fourth-order valence-electron chi connectivity index (χ4n) is 1.89. The molecule has 0 fully saturated rings. The maximum Gasteiger partial charge on any atom is 0.221 e. The first-order chi connectivity index (χ1) is 8.47. The molecule has 3 nitrogen and oxygen atoms in total. The molecule has 18 heavy (non-hydrogen) atoms. The van der Waals surface area contributed by atoms with Gasteiger partial charge in [0.15, 0.2) is 0 Å². The summed E-state index contributed by atoms with van der Waals surface area (Å²) in [7, 11) is 0. The molecule has 1 aliphatic heterocycles. The van der Waals surface area contributed by atoms with Crippen molar-refractivity contribution in [3.8, 4) is 0 Å². The molecule has 0 radical (unpaired) electrons. The monoisotopic (exact) mass is 268 g/mol. The van der Waals surface area contributed by atoms with Crippen LogP contribution in [-0.2, 0) is 4.79 Å². The number of nitrogens with zero attached hydrogens (tertiary/aromatic N) is 1. The summed E-state index contributed by atoms with van der Waals surface area (Å²) >= 11 is 1.70. The van der Waals surface area contributed by atoms with Gasteiger partial charge in [-0.3, -0.25) is 9.69 Å². The van der Waals surface area contributed by atoms with Gasteiger partial charge in [0.2, 0.25) is 5.91 Å². The molecule has 1 N–H and O–H groups in total. The number of thioether (sulfide) groups is 1. The second-order valence-corrected chi connectivity index (χ2v) is 5.82. The van der Waals surface area contributed by atoms with Crippen LogP contribution >= 0.6 is 11.8 Å². The number of carbonyl (C=O) groups excluding carboxylic acids is 1. The van der Waals surface area contributed by atoms with E-state index in [1.165, 1.54) is 10.5 Å². The molecule has 0 aromatic rings. The Bertz CT molecular complexity index is 370. The largest absolute Gasteiger partial charge is 0.321 e. The topological polar surface area (TPSA) is 32.3 Å². The fraction of sp³-hybridized carbons (Fsp3) is 0.643. The van der Waals surface area contributed by atoms with Crippen LogP contribution in [0.4, 0.5) is 0 Å². The Balaban J connectivity index is 2.75. The first-order valence-corrected chi connectivity index (χ1v) is 7.38. The van der Waals surface area contributed by atoms with Gasteiger partial charge in [-0.25, -0.2) is 0 Å². The van der Waals surface area contributed by atoms with Gasteiger partial charge in [-0.05, 0) is 31.5 Å².